The van der Waals surface area contributed by atoms with Crippen molar-refractivity contribution in [2.75, 3.05) is 13.6 Å². The van der Waals surface area contributed by atoms with Gasteiger partial charge in [0.15, 0.2) is 0 Å². The number of hydrogen-bond donors (Lipinski definition) is 0. The van der Waals surface area contributed by atoms with Crippen molar-refractivity contribution in [3.63, 3.8) is 0 Å². The molecule has 4 heteroatoms. The molecule has 1 aliphatic carbocycles. The van der Waals surface area contributed by atoms with Gasteiger partial charge in [-0.3, -0.25) is 4.79 Å². The zero-order valence-corrected chi connectivity index (χ0v) is 13.0. The van der Waals surface area contributed by atoms with Gasteiger partial charge in [-0.1, -0.05) is 40.2 Å². The van der Waals surface area contributed by atoms with Crippen molar-refractivity contribution in [1.29, 1.82) is 0 Å². The molecule has 20 heavy (non-hydrogen) atoms. The van der Waals surface area contributed by atoms with Gasteiger partial charge in [-0.15, -0.1) is 0 Å². The third kappa shape index (κ3) is 2.70. The molecular weight excluding hydrogens is 316 g/mol. The lowest BCUT2D eigenvalue weighted by Crippen LogP contribution is -2.38. The maximum Gasteiger partial charge on any atom is 0.272 e. The van der Waals surface area contributed by atoms with E-state index in [1.165, 1.54) is 0 Å². The third-order valence-electron chi connectivity index (χ3n) is 3.87. The van der Waals surface area contributed by atoms with Crippen molar-refractivity contribution in [3.8, 4) is 0 Å². The van der Waals surface area contributed by atoms with E-state index in [9.17, 15) is 4.79 Å². The van der Waals surface area contributed by atoms with E-state index >= 15 is 0 Å². The predicted molar refractivity (Wildman–Crippen MR) is 84.1 cm³/mol. The first kappa shape index (κ1) is 13.6. The van der Waals surface area contributed by atoms with Crippen LogP contribution in [0.3, 0.4) is 0 Å². The maximum atomic E-state index is 12.4. The smallest absolute Gasteiger partial charge is 0.272 e. The van der Waals surface area contributed by atoms with Crippen LogP contribution in [0.2, 0.25) is 0 Å². The molecule has 0 atom stereocenters. The highest BCUT2D eigenvalue weighted by Gasteiger charge is 2.29. The summed E-state index contributed by atoms with van der Waals surface area (Å²) in [5.74, 6) is 0.627. The topological polar surface area (TPSA) is 33.2 Å². The summed E-state index contributed by atoms with van der Waals surface area (Å²) in [7, 11) is 1.86. The molecule has 3 nitrogen and oxygen atoms in total. The SMILES string of the molecule is CN(CC1CC(Br)C1)C(=O)c1ccc2ccccc2n1. The van der Waals surface area contributed by atoms with Crippen LogP contribution in [0.4, 0.5) is 0 Å². The summed E-state index contributed by atoms with van der Waals surface area (Å²) in [5.41, 5.74) is 1.40. The first-order chi connectivity index (χ1) is 9.63. The summed E-state index contributed by atoms with van der Waals surface area (Å²) in [6.07, 6.45) is 2.31. The molecule has 1 aromatic carbocycles. The molecule has 0 aliphatic heterocycles. The summed E-state index contributed by atoms with van der Waals surface area (Å²) in [5, 5.41) is 1.06. The summed E-state index contributed by atoms with van der Waals surface area (Å²) in [4.78, 5) is 19.3. The fraction of sp³-hybridized carbons (Fsp3) is 0.375. The molecule has 1 amide bonds. The number of aromatic nitrogens is 1. The van der Waals surface area contributed by atoms with Crippen LogP contribution in [0, 0.1) is 5.92 Å². The van der Waals surface area contributed by atoms with Crippen LogP contribution in [-0.2, 0) is 0 Å². The van der Waals surface area contributed by atoms with Crippen molar-refractivity contribution >= 4 is 32.7 Å². The Balaban J connectivity index is 1.74. The minimum atomic E-state index is 0.00813. The fourth-order valence-corrected chi connectivity index (χ4v) is 3.71. The lowest BCUT2D eigenvalue weighted by atomic mass is 9.85. The van der Waals surface area contributed by atoms with Crippen molar-refractivity contribution in [1.82, 2.24) is 9.88 Å². The summed E-state index contributed by atoms with van der Waals surface area (Å²) < 4.78 is 0. The largest absolute Gasteiger partial charge is 0.340 e. The van der Waals surface area contributed by atoms with Gasteiger partial charge >= 0.3 is 0 Å². The van der Waals surface area contributed by atoms with Crippen molar-refractivity contribution in [2.24, 2.45) is 5.92 Å². The van der Waals surface area contributed by atoms with E-state index in [2.05, 4.69) is 20.9 Å². The highest BCUT2D eigenvalue weighted by Crippen LogP contribution is 2.33. The number of nitrogens with zero attached hydrogens (tertiary/aromatic N) is 2. The summed E-state index contributed by atoms with van der Waals surface area (Å²) in [6, 6.07) is 11.6. The van der Waals surface area contributed by atoms with Crippen molar-refractivity contribution in [2.45, 2.75) is 17.7 Å². The van der Waals surface area contributed by atoms with E-state index < -0.39 is 0 Å². The number of pyridine rings is 1. The minimum Gasteiger partial charge on any atom is -0.340 e. The first-order valence-electron chi connectivity index (χ1n) is 6.89. The Bertz CT molecular complexity index is 637. The summed E-state index contributed by atoms with van der Waals surface area (Å²) >= 11 is 3.58. The van der Waals surface area contributed by atoms with Gasteiger partial charge in [0, 0.05) is 23.8 Å². The van der Waals surface area contributed by atoms with Gasteiger partial charge < -0.3 is 4.90 Å². The van der Waals surface area contributed by atoms with E-state index in [0.717, 1.165) is 30.3 Å². The number of carbonyl (C=O) groups excluding carboxylic acids is 1. The average molecular weight is 333 g/mol. The Morgan fingerprint density at radius 3 is 2.80 bits per heavy atom. The lowest BCUT2D eigenvalue weighted by Gasteiger charge is -2.34. The molecule has 2 aromatic rings. The van der Waals surface area contributed by atoms with E-state index in [4.69, 9.17) is 0 Å². The molecule has 0 radical (unpaired) electrons. The zero-order chi connectivity index (χ0) is 14.1. The Morgan fingerprint density at radius 2 is 2.05 bits per heavy atom. The Morgan fingerprint density at radius 1 is 1.30 bits per heavy atom. The number of carbonyl (C=O) groups is 1. The van der Waals surface area contributed by atoms with Crippen LogP contribution < -0.4 is 0 Å². The van der Waals surface area contributed by atoms with Gasteiger partial charge in [0.1, 0.15) is 5.69 Å². The lowest BCUT2D eigenvalue weighted by molar-refractivity contribution is 0.0743. The van der Waals surface area contributed by atoms with Crippen LogP contribution in [-0.4, -0.2) is 34.2 Å². The second-order valence-electron chi connectivity index (χ2n) is 5.51. The van der Waals surface area contributed by atoms with Gasteiger partial charge in [0.2, 0.25) is 0 Å². The molecule has 0 saturated heterocycles. The van der Waals surface area contributed by atoms with Gasteiger partial charge in [0.05, 0.1) is 5.52 Å². The number of fused-ring (bicyclic) bond motifs is 1. The molecule has 1 aliphatic rings. The molecule has 1 fully saturated rings. The number of para-hydroxylation sites is 1. The number of benzene rings is 1. The first-order valence-corrected chi connectivity index (χ1v) is 7.80. The van der Waals surface area contributed by atoms with Crippen LogP contribution in [0.5, 0.6) is 0 Å². The molecule has 1 heterocycles. The maximum absolute atomic E-state index is 12.4. The van der Waals surface area contributed by atoms with E-state index in [0.29, 0.717) is 16.4 Å². The van der Waals surface area contributed by atoms with Crippen LogP contribution in [0.1, 0.15) is 23.3 Å². The molecule has 3 rings (SSSR count). The number of alkyl halides is 1. The number of amides is 1. The standard InChI is InChI=1S/C16H17BrN2O/c1-19(10-11-8-13(17)9-11)16(20)15-7-6-12-4-2-3-5-14(12)18-15/h2-7,11,13H,8-10H2,1H3. The summed E-state index contributed by atoms with van der Waals surface area (Å²) in [6.45, 7) is 0.815. The number of rotatable bonds is 3. The fourth-order valence-electron chi connectivity index (χ4n) is 2.65. The highest BCUT2D eigenvalue weighted by atomic mass is 79.9. The number of halogens is 1. The normalized spacial score (nSPS) is 21.5. The van der Waals surface area contributed by atoms with Gasteiger partial charge in [0.25, 0.3) is 5.91 Å². The van der Waals surface area contributed by atoms with Gasteiger partial charge in [-0.25, -0.2) is 4.98 Å². The average Bonchev–Trinajstić information content (AvgIpc) is 2.44. The molecule has 0 spiro atoms. The van der Waals surface area contributed by atoms with Crippen LogP contribution in [0.25, 0.3) is 10.9 Å². The van der Waals surface area contributed by atoms with Gasteiger partial charge in [-0.2, -0.15) is 0 Å². The predicted octanol–water partition coefficient (Wildman–Crippen LogP) is 3.48. The highest BCUT2D eigenvalue weighted by molar-refractivity contribution is 9.09. The molecule has 0 unspecified atom stereocenters. The molecule has 1 aromatic heterocycles. The van der Waals surface area contributed by atoms with Gasteiger partial charge in [-0.05, 0) is 30.9 Å². The Labute approximate surface area is 127 Å². The third-order valence-corrected chi connectivity index (χ3v) is 4.62. The molecular formula is C16H17BrN2O. The molecule has 104 valence electrons. The number of hydrogen-bond acceptors (Lipinski definition) is 2. The Kier molecular flexibility index (Phi) is 3.74. The molecule has 0 bridgehead atoms. The Hall–Kier alpha value is -1.42. The van der Waals surface area contributed by atoms with Crippen LogP contribution >= 0.6 is 15.9 Å². The van der Waals surface area contributed by atoms with E-state index in [1.54, 1.807) is 4.90 Å². The molecule has 0 N–H and O–H groups in total. The minimum absolute atomic E-state index is 0.00813. The van der Waals surface area contributed by atoms with Crippen molar-refractivity contribution in [3.05, 3.63) is 42.1 Å². The monoisotopic (exact) mass is 332 g/mol. The second kappa shape index (κ2) is 5.52. The van der Waals surface area contributed by atoms with E-state index in [1.807, 2.05) is 43.4 Å². The van der Waals surface area contributed by atoms with Crippen LogP contribution in [0.15, 0.2) is 36.4 Å². The van der Waals surface area contributed by atoms with E-state index in [-0.39, 0.29) is 5.91 Å². The zero-order valence-electron chi connectivity index (χ0n) is 11.4. The second-order valence-corrected chi connectivity index (χ2v) is 6.80. The molecule has 1 saturated carbocycles. The van der Waals surface area contributed by atoms with Crippen molar-refractivity contribution < 1.29 is 4.79 Å². The quantitative estimate of drug-likeness (QED) is 0.806.